The van der Waals surface area contributed by atoms with E-state index in [0.717, 1.165) is 21.7 Å². The van der Waals surface area contributed by atoms with Crippen molar-refractivity contribution in [2.75, 3.05) is 21.2 Å². The van der Waals surface area contributed by atoms with Crippen molar-refractivity contribution < 1.29 is 4.74 Å². The van der Waals surface area contributed by atoms with Gasteiger partial charge in [0.2, 0.25) is 0 Å². The van der Waals surface area contributed by atoms with Crippen molar-refractivity contribution in [1.29, 1.82) is 0 Å². The van der Waals surface area contributed by atoms with Crippen LogP contribution >= 0.6 is 15.9 Å². The van der Waals surface area contributed by atoms with E-state index in [9.17, 15) is 0 Å². The van der Waals surface area contributed by atoms with Gasteiger partial charge in [-0.25, -0.2) is 0 Å². The first-order valence-electron chi connectivity index (χ1n) is 4.92. The predicted molar refractivity (Wildman–Crippen MR) is 70.0 cm³/mol. The number of nitrogens with one attached hydrogen (secondary N) is 2. The Morgan fingerprint density at radius 1 is 1.50 bits per heavy atom. The Bertz CT molecular complexity index is 379. The minimum absolute atomic E-state index is 0.663. The number of nitrogens with zero attached hydrogens (tertiary/aromatic N) is 1. The van der Waals surface area contributed by atoms with Crippen LogP contribution in [0.5, 0.6) is 5.75 Å². The molecule has 0 amide bonds. The summed E-state index contributed by atoms with van der Waals surface area (Å²) in [6.07, 6.45) is 0. The van der Waals surface area contributed by atoms with Gasteiger partial charge in [-0.3, -0.25) is 4.99 Å². The highest BCUT2D eigenvalue weighted by atomic mass is 79.9. The second-order valence-corrected chi connectivity index (χ2v) is 4.05. The molecule has 0 heterocycles. The van der Waals surface area contributed by atoms with Gasteiger partial charge in [-0.1, -0.05) is 15.9 Å². The van der Waals surface area contributed by atoms with Crippen LogP contribution in [0.25, 0.3) is 0 Å². The Morgan fingerprint density at radius 2 is 2.25 bits per heavy atom. The van der Waals surface area contributed by atoms with Crippen LogP contribution in [0.2, 0.25) is 0 Å². The molecule has 0 spiro atoms. The number of ether oxygens (including phenoxy) is 1. The molecule has 16 heavy (non-hydrogen) atoms. The van der Waals surface area contributed by atoms with Gasteiger partial charge in [0.1, 0.15) is 5.75 Å². The lowest BCUT2D eigenvalue weighted by Gasteiger charge is -2.12. The van der Waals surface area contributed by atoms with Crippen molar-refractivity contribution in [1.82, 2.24) is 10.6 Å². The number of halogens is 1. The summed E-state index contributed by atoms with van der Waals surface area (Å²) in [5.74, 6) is 1.62. The molecule has 0 aromatic heterocycles. The summed E-state index contributed by atoms with van der Waals surface area (Å²) < 4.78 is 6.31. The SMILES string of the molecule is CN=C(NC)NCc1cc(Br)ccc1OC. The quantitative estimate of drug-likeness (QED) is 0.657. The highest BCUT2D eigenvalue weighted by molar-refractivity contribution is 9.10. The summed E-state index contributed by atoms with van der Waals surface area (Å²) in [4.78, 5) is 4.04. The fraction of sp³-hybridized carbons (Fsp3) is 0.364. The summed E-state index contributed by atoms with van der Waals surface area (Å²) in [6.45, 7) is 0.663. The van der Waals surface area contributed by atoms with Gasteiger partial charge in [-0.15, -0.1) is 0 Å². The second-order valence-electron chi connectivity index (χ2n) is 3.13. The molecule has 0 saturated carbocycles. The highest BCUT2D eigenvalue weighted by Crippen LogP contribution is 2.22. The molecule has 0 unspecified atom stereocenters. The molecule has 0 bridgehead atoms. The predicted octanol–water partition coefficient (Wildman–Crippen LogP) is 1.75. The van der Waals surface area contributed by atoms with E-state index >= 15 is 0 Å². The molecule has 0 aliphatic heterocycles. The Labute approximate surface area is 104 Å². The Balaban J connectivity index is 2.76. The van der Waals surface area contributed by atoms with E-state index in [1.807, 2.05) is 25.2 Å². The summed E-state index contributed by atoms with van der Waals surface area (Å²) in [5, 5.41) is 6.14. The first-order chi connectivity index (χ1) is 7.71. The third-order valence-corrected chi connectivity index (χ3v) is 2.64. The van der Waals surface area contributed by atoms with Gasteiger partial charge < -0.3 is 15.4 Å². The minimum Gasteiger partial charge on any atom is -0.496 e. The zero-order valence-electron chi connectivity index (χ0n) is 9.67. The number of hydrogen-bond acceptors (Lipinski definition) is 2. The summed E-state index contributed by atoms with van der Waals surface area (Å²) >= 11 is 3.44. The van der Waals surface area contributed by atoms with Crippen molar-refractivity contribution in [3.8, 4) is 5.75 Å². The molecule has 5 heteroatoms. The van der Waals surface area contributed by atoms with E-state index in [-0.39, 0.29) is 0 Å². The molecule has 1 aromatic rings. The first kappa shape index (κ1) is 12.8. The second kappa shape index (κ2) is 6.37. The normalized spacial score (nSPS) is 11.1. The highest BCUT2D eigenvalue weighted by Gasteiger charge is 2.04. The monoisotopic (exact) mass is 285 g/mol. The number of methoxy groups -OCH3 is 1. The largest absolute Gasteiger partial charge is 0.496 e. The number of aliphatic imine (C=N–C) groups is 1. The molecule has 4 nitrogen and oxygen atoms in total. The van der Waals surface area contributed by atoms with Crippen LogP contribution in [0.15, 0.2) is 27.7 Å². The van der Waals surface area contributed by atoms with E-state index in [1.165, 1.54) is 0 Å². The van der Waals surface area contributed by atoms with Crippen LogP contribution in [0.4, 0.5) is 0 Å². The van der Waals surface area contributed by atoms with Crippen LogP contribution < -0.4 is 15.4 Å². The van der Waals surface area contributed by atoms with E-state index < -0.39 is 0 Å². The lowest BCUT2D eigenvalue weighted by atomic mass is 10.2. The van der Waals surface area contributed by atoms with Crippen LogP contribution in [0, 0.1) is 0 Å². The van der Waals surface area contributed by atoms with Gasteiger partial charge in [0.15, 0.2) is 5.96 Å². The molecule has 1 aromatic carbocycles. The molecule has 2 N–H and O–H groups in total. The van der Waals surface area contributed by atoms with Crippen molar-refractivity contribution in [2.45, 2.75) is 6.54 Å². The van der Waals surface area contributed by atoms with Gasteiger partial charge in [-0.2, -0.15) is 0 Å². The van der Waals surface area contributed by atoms with Crippen LogP contribution in [0.1, 0.15) is 5.56 Å². The van der Waals surface area contributed by atoms with Gasteiger partial charge in [0.25, 0.3) is 0 Å². The summed E-state index contributed by atoms with van der Waals surface area (Å²) in [6, 6.07) is 5.91. The third-order valence-electron chi connectivity index (χ3n) is 2.15. The van der Waals surface area contributed by atoms with E-state index in [2.05, 4.69) is 31.6 Å². The maximum atomic E-state index is 5.28. The summed E-state index contributed by atoms with van der Waals surface area (Å²) in [5.41, 5.74) is 1.08. The smallest absolute Gasteiger partial charge is 0.190 e. The molecule has 0 aliphatic rings. The van der Waals surface area contributed by atoms with Gasteiger partial charge in [0.05, 0.1) is 7.11 Å². The Hall–Kier alpha value is -1.23. The molecule has 88 valence electrons. The third kappa shape index (κ3) is 3.41. The first-order valence-corrected chi connectivity index (χ1v) is 5.71. The lowest BCUT2D eigenvalue weighted by molar-refractivity contribution is 0.409. The number of benzene rings is 1. The zero-order valence-corrected chi connectivity index (χ0v) is 11.3. The molecule has 0 radical (unpaired) electrons. The average Bonchev–Trinajstić information content (AvgIpc) is 2.30. The molecular formula is C11H16BrN3O. The molecule has 0 saturated heterocycles. The topological polar surface area (TPSA) is 45.7 Å². The molecule has 0 atom stereocenters. The molecular weight excluding hydrogens is 270 g/mol. The van der Waals surface area contributed by atoms with Crippen molar-refractivity contribution in [2.24, 2.45) is 4.99 Å². The van der Waals surface area contributed by atoms with E-state index in [1.54, 1.807) is 14.2 Å². The Morgan fingerprint density at radius 3 is 2.81 bits per heavy atom. The molecule has 1 rings (SSSR count). The Kier molecular flexibility index (Phi) is 5.11. The fourth-order valence-corrected chi connectivity index (χ4v) is 1.75. The van der Waals surface area contributed by atoms with Crippen molar-refractivity contribution in [3.63, 3.8) is 0 Å². The zero-order chi connectivity index (χ0) is 12.0. The van der Waals surface area contributed by atoms with Crippen LogP contribution in [-0.2, 0) is 6.54 Å². The number of hydrogen-bond donors (Lipinski definition) is 2. The standard InChI is InChI=1S/C11H16BrN3O/c1-13-11(14-2)15-7-8-6-9(12)4-5-10(8)16-3/h4-6H,7H2,1-3H3,(H2,13,14,15). The maximum absolute atomic E-state index is 5.28. The van der Waals surface area contributed by atoms with Gasteiger partial charge in [0, 0.05) is 30.7 Å². The summed E-state index contributed by atoms with van der Waals surface area (Å²) in [7, 11) is 5.23. The van der Waals surface area contributed by atoms with Crippen LogP contribution in [-0.4, -0.2) is 27.2 Å². The van der Waals surface area contributed by atoms with Crippen molar-refractivity contribution in [3.05, 3.63) is 28.2 Å². The average molecular weight is 286 g/mol. The van der Waals surface area contributed by atoms with Crippen LogP contribution in [0.3, 0.4) is 0 Å². The number of rotatable bonds is 3. The maximum Gasteiger partial charge on any atom is 0.190 e. The molecule has 0 fully saturated rings. The molecule has 0 aliphatic carbocycles. The van der Waals surface area contributed by atoms with Crippen molar-refractivity contribution >= 4 is 21.9 Å². The van der Waals surface area contributed by atoms with E-state index in [4.69, 9.17) is 4.74 Å². The lowest BCUT2D eigenvalue weighted by Crippen LogP contribution is -2.34. The van der Waals surface area contributed by atoms with Gasteiger partial charge >= 0.3 is 0 Å². The minimum atomic E-state index is 0.663. The van der Waals surface area contributed by atoms with Gasteiger partial charge in [-0.05, 0) is 18.2 Å². The number of guanidine groups is 1. The van der Waals surface area contributed by atoms with E-state index in [0.29, 0.717) is 6.54 Å². The fourth-order valence-electron chi connectivity index (χ4n) is 1.34.